The molecule has 0 spiro atoms. The zero-order valence-corrected chi connectivity index (χ0v) is 11.3. The average Bonchev–Trinajstić information content (AvgIpc) is 2.46. The van der Waals surface area contributed by atoms with E-state index in [0.717, 1.165) is 5.69 Å². The molecule has 1 atom stereocenters. The summed E-state index contributed by atoms with van der Waals surface area (Å²) >= 11 is 0. The van der Waals surface area contributed by atoms with Gasteiger partial charge in [0, 0.05) is 25.3 Å². The van der Waals surface area contributed by atoms with E-state index in [-0.39, 0.29) is 17.7 Å². The molecule has 0 aliphatic heterocycles. The van der Waals surface area contributed by atoms with Crippen LogP contribution in [0, 0.1) is 11.6 Å². The van der Waals surface area contributed by atoms with Gasteiger partial charge in [0.25, 0.3) is 0 Å². The minimum Gasteiger partial charge on any atom is -0.375 e. The third-order valence-electron chi connectivity index (χ3n) is 3.17. The minimum absolute atomic E-state index is 0.251. The fourth-order valence-electron chi connectivity index (χ4n) is 1.91. The second-order valence-corrected chi connectivity index (χ2v) is 4.69. The molecule has 1 unspecified atom stereocenters. The Morgan fingerprint density at radius 1 is 1.10 bits per heavy atom. The summed E-state index contributed by atoms with van der Waals surface area (Å²) in [6.07, 6.45) is 1.84. The fraction of sp³-hybridized carbons (Fsp3) is 0.267. The Labute approximate surface area is 117 Å². The van der Waals surface area contributed by atoms with Crippen LogP contribution < -0.4 is 10.6 Å². The van der Waals surface area contributed by atoms with Gasteiger partial charge in [-0.05, 0) is 42.8 Å². The highest BCUT2D eigenvalue weighted by molar-refractivity contribution is 5.45. The number of nitrogens with zero attached hydrogens (tertiary/aromatic N) is 2. The Balaban J connectivity index is 1.91. The van der Waals surface area contributed by atoms with Crippen LogP contribution in [0.15, 0.2) is 42.6 Å². The van der Waals surface area contributed by atoms with Crippen LogP contribution >= 0.6 is 0 Å². The van der Waals surface area contributed by atoms with Crippen molar-refractivity contribution in [1.82, 2.24) is 4.98 Å². The van der Waals surface area contributed by atoms with Crippen LogP contribution in [0.5, 0.6) is 0 Å². The summed E-state index contributed by atoms with van der Waals surface area (Å²) in [5, 5.41) is 0. The van der Waals surface area contributed by atoms with Gasteiger partial charge in [-0.1, -0.05) is 0 Å². The molecule has 1 aromatic heterocycles. The van der Waals surface area contributed by atoms with Gasteiger partial charge >= 0.3 is 0 Å². The maximum absolute atomic E-state index is 12.8. The minimum atomic E-state index is -0.371. The summed E-state index contributed by atoms with van der Waals surface area (Å²) in [7, 11) is 1.91. The lowest BCUT2D eigenvalue weighted by molar-refractivity contribution is 0.600. The quantitative estimate of drug-likeness (QED) is 0.913. The molecule has 3 nitrogen and oxygen atoms in total. The van der Waals surface area contributed by atoms with Gasteiger partial charge < -0.3 is 10.6 Å². The molecule has 2 N–H and O–H groups in total. The van der Waals surface area contributed by atoms with E-state index in [0.29, 0.717) is 18.7 Å². The van der Waals surface area contributed by atoms with Crippen molar-refractivity contribution in [3.63, 3.8) is 0 Å². The summed E-state index contributed by atoms with van der Waals surface area (Å²) in [6, 6.07) is 8.98. The van der Waals surface area contributed by atoms with Crippen molar-refractivity contribution in [3.8, 4) is 0 Å². The molecule has 2 rings (SSSR count). The molecule has 0 bridgehead atoms. The lowest BCUT2D eigenvalue weighted by Gasteiger charge is -2.21. The number of pyridine rings is 1. The van der Waals surface area contributed by atoms with Crippen molar-refractivity contribution in [3.05, 3.63) is 59.9 Å². The predicted octanol–water partition coefficient (Wildman–Crippen LogP) is 2.89. The number of rotatable bonds is 5. The summed E-state index contributed by atoms with van der Waals surface area (Å²) in [4.78, 5) is 5.96. The van der Waals surface area contributed by atoms with Crippen molar-refractivity contribution in [1.29, 1.82) is 0 Å². The van der Waals surface area contributed by atoms with Gasteiger partial charge in [-0.3, -0.25) is 4.98 Å². The van der Waals surface area contributed by atoms with E-state index in [9.17, 15) is 8.78 Å². The molecule has 0 fully saturated rings. The van der Waals surface area contributed by atoms with E-state index in [2.05, 4.69) is 4.98 Å². The number of hydrogen-bond acceptors (Lipinski definition) is 3. The van der Waals surface area contributed by atoms with Crippen LogP contribution in [0.3, 0.4) is 0 Å². The lowest BCUT2D eigenvalue weighted by Crippen LogP contribution is -2.23. The highest BCUT2D eigenvalue weighted by Gasteiger charge is 2.09. The van der Waals surface area contributed by atoms with Gasteiger partial charge in [-0.15, -0.1) is 0 Å². The van der Waals surface area contributed by atoms with Crippen molar-refractivity contribution < 1.29 is 8.78 Å². The maximum Gasteiger partial charge on any atom is 0.141 e. The van der Waals surface area contributed by atoms with Crippen LogP contribution in [0.2, 0.25) is 0 Å². The molecule has 106 valence electrons. The molecular weight excluding hydrogens is 260 g/mol. The highest BCUT2D eigenvalue weighted by atomic mass is 19.1. The molecule has 5 heteroatoms. The molecule has 1 aromatic carbocycles. The number of halogens is 2. The largest absolute Gasteiger partial charge is 0.375 e. The molecule has 0 radical (unpaired) electrons. The molecule has 2 aromatic rings. The standard InChI is InChI=1S/C15H17F2N3/c1-20(13-5-2-11(16)3-6-13)9-8-14(18)15-7-4-12(17)10-19-15/h2-7,10,14H,8-9,18H2,1H3. The Morgan fingerprint density at radius 3 is 2.35 bits per heavy atom. The first kappa shape index (κ1) is 14.4. The van der Waals surface area contributed by atoms with Gasteiger partial charge in [0.2, 0.25) is 0 Å². The molecule has 0 saturated carbocycles. The smallest absolute Gasteiger partial charge is 0.141 e. The second-order valence-electron chi connectivity index (χ2n) is 4.69. The third kappa shape index (κ3) is 3.74. The number of benzene rings is 1. The van der Waals surface area contributed by atoms with Crippen LogP contribution in [0.1, 0.15) is 18.2 Å². The van der Waals surface area contributed by atoms with E-state index in [1.807, 2.05) is 11.9 Å². The van der Waals surface area contributed by atoms with Crippen molar-refractivity contribution in [2.75, 3.05) is 18.5 Å². The Kier molecular flexibility index (Phi) is 4.63. The van der Waals surface area contributed by atoms with Crippen molar-refractivity contribution in [2.45, 2.75) is 12.5 Å². The molecule has 0 aliphatic carbocycles. The molecule has 1 heterocycles. The normalized spacial score (nSPS) is 12.2. The van der Waals surface area contributed by atoms with E-state index >= 15 is 0 Å². The first-order valence-electron chi connectivity index (χ1n) is 6.40. The van der Waals surface area contributed by atoms with Gasteiger partial charge in [0.15, 0.2) is 0 Å². The highest BCUT2D eigenvalue weighted by Crippen LogP contribution is 2.16. The van der Waals surface area contributed by atoms with Gasteiger partial charge in [-0.2, -0.15) is 0 Å². The SMILES string of the molecule is CN(CCC(N)c1ccc(F)cn1)c1ccc(F)cc1. The van der Waals surface area contributed by atoms with Crippen LogP contribution in [-0.2, 0) is 0 Å². The number of hydrogen-bond donors (Lipinski definition) is 1. The molecule has 0 amide bonds. The van der Waals surface area contributed by atoms with E-state index < -0.39 is 0 Å². The molecule has 20 heavy (non-hydrogen) atoms. The summed E-state index contributed by atoms with van der Waals surface area (Å²) in [5.41, 5.74) is 7.61. The van der Waals surface area contributed by atoms with Gasteiger partial charge in [-0.25, -0.2) is 8.78 Å². The first-order chi connectivity index (χ1) is 9.56. The Hall–Kier alpha value is -2.01. The average molecular weight is 277 g/mol. The predicted molar refractivity (Wildman–Crippen MR) is 75.4 cm³/mol. The maximum atomic E-state index is 12.8. The van der Waals surface area contributed by atoms with E-state index in [4.69, 9.17) is 5.73 Å². The van der Waals surface area contributed by atoms with Crippen LogP contribution in [0.25, 0.3) is 0 Å². The van der Waals surface area contributed by atoms with Crippen molar-refractivity contribution in [2.24, 2.45) is 5.73 Å². The topological polar surface area (TPSA) is 42.1 Å². The Morgan fingerprint density at radius 2 is 1.75 bits per heavy atom. The fourth-order valence-corrected chi connectivity index (χ4v) is 1.91. The van der Waals surface area contributed by atoms with Gasteiger partial charge in [0.1, 0.15) is 11.6 Å². The van der Waals surface area contributed by atoms with Crippen molar-refractivity contribution >= 4 is 5.69 Å². The summed E-state index contributed by atoms with van der Waals surface area (Å²) in [5.74, 6) is -0.626. The monoisotopic (exact) mass is 277 g/mol. The zero-order valence-electron chi connectivity index (χ0n) is 11.3. The number of nitrogens with two attached hydrogens (primary N) is 1. The second kappa shape index (κ2) is 6.43. The summed E-state index contributed by atoms with van der Waals surface area (Å²) in [6.45, 7) is 0.700. The Bertz CT molecular complexity index is 489. The van der Waals surface area contributed by atoms with E-state index in [1.165, 1.54) is 24.4 Å². The zero-order chi connectivity index (χ0) is 14.5. The molecule has 0 saturated heterocycles. The number of aromatic nitrogens is 1. The number of anilines is 1. The lowest BCUT2D eigenvalue weighted by atomic mass is 10.1. The molecular formula is C15H17F2N3. The first-order valence-corrected chi connectivity index (χ1v) is 6.40. The third-order valence-corrected chi connectivity index (χ3v) is 3.17. The summed E-state index contributed by atoms with van der Waals surface area (Å²) < 4.78 is 25.6. The van der Waals surface area contributed by atoms with Crippen LogP contribution in [0.4, 0.5) is 14.5 Å². The van der Waals surface area contributed by atoms with E-state index in [1.54, 1.807) is 18.2 Å². The van der Waals surface area contributed by atoms with Crippen LogP contribution in [-0.4, -0.2) is 18.6 Å². The molecule has 0 aliphatic rings. The van der Waals surface area contributed by atoms with Gasteiger partial charge in [0.05, 0.1) is 11.9 Å².